The van der Waals surface area contributed by atoms with E-state index >= 15 is 0 Å². The molecule has 0 aliphatic carbocycles. The van der Waals surface area contributed by atoms with Crippen LogP contribution in [0, 0.1) is 0 Å². The number of nitrogens with one attached hydrogen (secondary N) is 1. The molecule has 6 heteroatoms. The summed E-state index contributed by atoms with van der Waals surface area (Å²) in [7, 11) is 0. The molecule has 2 aliphatic rings. The van der Waals surface area contributed by atoms with E-state index in [1.165, 1.54) is 30.2 Å². The van der Waals surface area contributed by atoms with Crippen LogP contribution >= 0.6 is 11.8 Å². The number of benzene rings is 1. The maximum Gasteiger partial charge on any atom is 0.316 e. The quantitative estimate of drug-likeness (QED) is 0.861. The van der Waals surface area contributed by atoms with E-state index in [9.17, 15) is 9.59 Å². The number of thioether (sulfide) groups is 1. The number of carboxylic acid groups (broad SMARTS) is 1. The summed E-state index contributed by atoms with van der Waals surface area (Å²) < 4.78 is 0. The van der Waals surface area contributed by atoms with E-state index in [1.807, 2.05) is 24.3 Å². The zero-order chi connectivity index (χ0) is 16.2. The van der Waals surface area contributed by atoms with Crippen molar-refractivity contribution in [1.82, 2.24) is 10.2 Å². The van der Waals surface area contributed by atoms with Gasteiger partial charge in [0.1, 0.15) is 5.25 Å². The number of carbonyl (C=O) groups is 2. The maximum absolute atomic E-state index is 12.3. The van der Waals surface area contributed by atoms with Gasteiger partial charge < -0.3 is 10.4 Å². The summed E-state index contributed by atoms with van der Waals surface area (Å²) in [6, 6.07) is 7.68. The van der Waals surface area contributed by atoms with Gasteiger partial charge >= 0.3 is 5.97 Å². The van der Waals surface area contributed by atoms with Gasteiger partial charge in [0, 0.05) is 23.9 Å². The van der Waals surface area contributed by atoms with Crippen molar-refractivity contribution in [2.24, 2.45) is 0 Å². The first kappa shape index (κ1) is 16.3. The fourth-order valence-corrected chi connectivity index (χ4v) is 4.32. The molecule has 0 aromatic heterocycles. The predicted octanol–water partition coefficient (Wildman–Crippen LogP) is 1.97. The molecule has 0 bridgehead atoms. The molecular weight excluding hydrogens is 312 g/mol. The molecular formula is C17H22N2O3S. The van der Waals surface area contributed by atoms with E-state index in [-0.39, 0.29) is 11.9 Å². The van der Waals surface area contributed by atoms with Crippen molar-refractivity contribution in [2.75, 3.05) is 18.8 Å². The molecule has 5 nitrogen and oxygen atoms in total. The smallest absolute Gasteiger partial charge is 0.316 e. The summed E-state index contributed by atoms with van der Waals surface area (Å²) in [5.74, 6) is -0.247. The van der Waals surface area contributed by atoms with Crippen LogP contribution in [0.3, 0.4) is 0 Å². The predicted molar refractivity (Wildman–Crippen MR) is 90.7 cm³/mol. The van der Waals surface area contributed by atoms with Gasteiger partial charge in [-0.2, -0.15) is 0 Å². The Labute approximate surface area is 140 Å². The van der Waals surface area contributed by atoms with Gasteiger partial charge in [0.15, 0.2) is 0 Å². The molecule has 3 rings (SSSR count). The number of carboxylic acids is 1. The van der Waals surface area contributed by atoms with Crippen molar-refractivity contribution < 1.29 is 14.7 Å². The molecule has 0 unspecified atom stereocenters. The SMILES string of the molecule is O=C(N[C@@H]1CS[C@H](C(=O)O)C1)c1ccc(CN2CCCC2)cc1. The lowest BCUT2D eigenvalue weighted by Gasteiger charge is -2.15. The summed E-state index contributed by atoms with van der Waals surface area (Å²) >= 11 is 1.40. The van der Waals surface area contributed by atoms with Crippen LogP contribution < -0.4 is 5.32 Å². The lowest BCUT2D eigenvalue weighted by atomic mass is 10.1. The van der Waals surface area contributed by atoms with E-state index in [4.69, 9.17) is 5.11 Å². The second-order valence-corrected chi connectivity index (χ2v) is 7.48. The van der Waals surface area contributed by atoms with Gasteiger partial charge in [0.05, 0.1) is 0 Å². The Balaban J connectivity index is 1.52. The van der Waals surface area contributed by atoms with Gasteiger partial charge in [0.2, 0.25) is 0 Å². The number of hydrogen-bond acceptors (Lipinski definition) is 4. The van der Waals surface area contributed by atoms with Crippen molar-refractivity contribution in [3.05, 3.63) is 35.4 Å². The first-order valence-corrected chi connectivity index (χ1v) is 9.13. The number of nitrogens with zero attached hydrogens (tertiary/aromatic N) is 1. The molecule has 124 valence electrons. The highest BCUT2D eigenvalue weighted by Crippen LogP contribution is 2.27. The largest absolute Gasteiger partial charge is 0.480 e. The molecule has 23 heavy (non-hydrogen) atoms. The Morgan fingerprint density at radius 1 is 1.22 bits per heavy atom. The van der Waals surface area contributed by atoms with Crippen molar-refractivity contribution in [1.29, 1.82) is 0 Å². The van der Waals surface area contributed by atoms with Crippen LogP contribution in [0.15, 0.2) is 24.3 Å². The number of rotatable bonds is 5. The highest BCUT2D eigenvalue weighted by atomic mass is 32.2. The topological polar surface area (TPSA) is 69.6 Å². The van der Waals surface area contributed by atoms with Gasteiger partial charge in [0.25, 0.3) is 5.91 Å². The second-order valence-electron chi connectivity index (χ2n) is 6.25. The monoisotopic (exact) mass is 334 g/mol. The first-order chi connectivity index (χ1) is 11.1. The van der Waals surface area contributed by atoms with Gasteiger partial charge in [-0.25, -0.2) is 0 Å². The number of carbonyl (C=O) groups excluding carboxylic acids is 1. The molecule has 0 radical (unpaired) electrons. The van der Waals surface area contributed by atoms with Crippen LogP contribution in [0.5, 0.6) is 0 Å². The third kappa shape index (κ3) is 4.26. The third-order valence-corrected chi connectivity index (χ3v) is 5.82. The molecule has 2 atom stereocenters. The van der Waals surface area contributed by atoms with Crippen LogP contribution in [0.1, 0.15) is 35.2 Å². The lowest BCUT2D eigenvalue weighted by molar-refractivity contribution is -0.136. The Kier molecular flexibility index (Phi) is 5.23. The number of amides is 1. The molecule has 0 spiro atoms. The molecule has 2 saturated heterocycles. The summed E-state index contributed by atoms with van der Waals surface area (Å²) in [5, 5.41) is 11.5. The van der Waals surface area contributed by atoms with Crippen LogP contribution in [0.25, 0.3) is 0 Å². The van der Waals surface area contributed by atoms with Gasteiger partial charge in [-0.1, -0.05) is 12.1 Å². The Hall–Kier alpha value is -1.53. The Bertz CT molecular complexity index is 570. The van der Waals surface area contributed by atoms with Crippen molar-refractivity contribution in [3.63, 3.8) is 0 Å². The summed E-state index contributed by atoms with van der Waals surface area (Å²) in [4.78, 5) is 25.6. The molecule has 2 fully saturated rings. The molecule has 2 aliphatic heterocycles. The number of aliphatic carboxylic acids is 1. The summed E-state index contributed by atoms with van der Waals surface area (Å²) in [5.41, 5.74) is 1.87. The number of likely N-dealkylation sites (tertiary alicyclic amines) is 1. The maximum atomic E-state index is 12.3. The Morgan fingerprint density at radius 3 is 2.52 bits per heavy atom. The standard InChI is InChI=1S/C17H22N2O3S/c20-16(18-14-9-15(17(21)22)23-11-14)13-5-3-12(4-6-13)10-19-7-1-2-8-19/h3-6,14-15H,1-2,7-11H2,(H,18,20)(H,21,22)/t14-,15-/m0/s1. The van der Waals surface area contributed by atoms with E-state index in [0.717, 1.165) is 19.6 Å². The van der Waals surface area contributed by atoms with Crippen molar-refractivity contribution in [3.8, 4) is 0 Å². The normalized spacial score (nSPS) is 24.7. The van der Waals surface area contributed by atoms with E-state index in [1.54, 1.807) is 0 Å². The van der Waals surface area contributed by atoms with Crippen molar-refractivity contribution >= 4 is 23.6 Å². The number of hydrogen-bond donors (Lipinski definition) is 2. The van der Waals surface area contributed by atoms with E-state index < -0.39 is 11.2 Å². The molecule has 1 aromatic rings. The van der Waals surface area contributed by atoms with Crippen LogP contribution in [0.4, 0.5) is 0 Å². The first-order valence-electron chi connectivity index (χ1n) is 8.08. The summed E-state index contributed by atoms with van der Waals surface area (Å²) in [6.07, 6.45) is 3.05. The Morgan fingerprint density at radius 2 is 1.91 bits per heavy atom. The van der Waals surface area contributed by atoms with Crippen LogP contribution in [-0.4, -0.2) is 52.0 Å². The molecule has 0 saturated carbocycles. The molecule has 2 heterocycles. The molecule has 1 aromatic carbocycles. The lowest BCUT2D eigenvalue weighted by Crippen LogP contribution is -2.35. The van der Waals surface area contributed by atoms with Gasteiger partial charge in [-0.3, -0.25) is 14.5 Å². The van der Waals surface area contributed by atoms with E-state index in [0.29, 0.717) is 17.7 Å². The molecule has 1 amide bonds. The van der Waals surface area contributed by atoms with Crippen molar-refractivity contribution in [2.45, 2.75) is 37.1 Å². The fourth-order valence-electron chi connectivity index (χ4n) is 3.13. The zero-order valence-electron chi connectivity index (χ0n) is 13.0. The summed E-state index contributed by atoms with van der Waals surface area (Å²) in [6.45, 7) is 3.26. The minimum Gasteiger partial charge on any atom is -0.480 e. The highest BCUT2D eigenvalue weighted by Gasteiger charge is 2.31. The van der Waals surface area contributed by atoms with Crippen LogP contribution in [-0.2, 0) is 11.3 Å². The molecule has 2 N–H and O–H groups in total. The zero-order valence-corrected chi connectivity index (χ0v) is 13.8. The second kappa shape index (κ2) is 7.36. The average molecular weight is 334 g/mol. The fraction of sp³-hybridized carbons (Fsp3) is 0.529. The highest BCUT2D eigenvalue weighted by molar-refractivity contribution is 8.00. The minimum atomic E-state index is -0.794. The van der Waals surface area contributed by atoms with Crippen LogP contribution in [0.2, 0.25) is 0 Å². The van der Waals surface area contributed by atoms with E-state index in [2.05, 4.69) is 10.2 Å². The average Bonchev–Trinajstić information content (AvgIpc) is 3.19. The minimum absolute atomic E-state index is 0.0575. The third-order valence-electron chi connectivity index (χ3n) is 4.43. The van der Waals surface area contributed by atoms with Gasteiger partial charge in [-0.15, -0.1) is 11.8 Å². The van der Waals surface area contributed by atoms with Gasteiger partial charge in [-0.05, 0) is 50.0 Å².